The van der Waals surface area contributed by atoms with Gasteiger partial charge in [0.1, 0.15) is 0 Å². The molecule has 6 heteroatoms. The zero-order valence-corrected chi connectivity index (χ0v) is 14.6. The third kappa shape index (κ3) is 3.69. The van der Waals surface area contributed by atoms with Gasteiger partial charge in [-0.15, -0.1) is 0 Å². The maximum absolute atomic E-state index is 13.2. The number of fused-ring (bicyclic) bond motifs is 1. The largest absolute Gasteiger partial charge is 0.391 e. The lowest BCUT2D eigenvalue weighted by atomic mass is 9.80. The number of para-hydroxylation sites is 2. The van der Waals surface area contributed by atoms with E-state index >= 15 is 0 Å². The Kier molecular flexibility index (Phi) is 4.94. The van der Waals surface area contributed by atoms with Gasteiger partial charge in [-0.3, -0.25) is 4.79 Å². The van der Waals surface area contributed by atoms with Crippen LogP contribution in [0.4, 0.5) is 24.5 Å². The maximum atomic E-state index is 13.2. The third-order valence-corrected chi connectivity index (χ3v) is 4.87. The molecule has 0 aliphatic carbocycles. The molecule has 3 rings (SSSR count). The quantitative estimate of drug-likeness (QED) is 0.818. The van der Waals surface area contributed by atoms with Gasteiger partial charge in [-0.05, 0) is 23.8 Å². The molecule has 0 spiro atoms. The highest BCUT2D eigenvalue weighted by Gasteiger charge is 2.45. The van der Waals surface area contributed by atoms with Crippen molar-refractivity contribution < 1.29 is 18.0 Å². The summed E-state index contributed by atoms with van der Waals surface area (Å²) in [6.45, 7) is 3.08. The molecule has 0 aromatic heterocycles. The predicted octanol–water partition coefficient (Wildman–Crippen LogP) is 5.16. The van der Waals surface area contributed by atoms with Crippen LogP contribution in [0.25, 0.3) is 0 Å². The molecule has 26 heavy (non-hydrogen) atoms. The fourth-order valence-electron chi connectivity index (χ4n) is 3.73. The second-order valence-corrected chi connectivity index (χ2v) is 6.68. The number of hydrogen-bond donors (Lipinski definition) is 1. The summed E-state index contributed by atoms with van der Waals surface area (Å²) in [6.07, 6.45) is -5.38. The number of nitrogens with zero attached hydrogens (tertiary/aromatic N) is 1. The molecule has 0 radical (unpaired) electrons. The van der Waals surface area contributed by atoms with E-state index in [0.29, 0.717) is 5.69 Å². The zero-order valence-electron chi connectivity index (χ0n) is 14.6. The van der Waals surface area contributed by atoms with E-state index < -0.39 is 24.6 Å². The van der Waals surface area contributed by atoms with Crippen LogP contribution in [0.5, 0.6) is 0 Å². The Balaban J connectivity index is 2.06. The van der Waals surface area contributed by atoms with Gasteiger partial charge in [0, 0.05) is 24.2 Å². The van der Waals surface area contributed by atoms with Gasteiger partial charge in [0.15, 0.2) is 0 Å². The smallest absolute Gasteiger partial charge is 0.378 e. The van der Waals surface area contributed by atoms with E-state index in [1.54, 1.807) is 19.1 Å². The van der Waals surface area contributed by atoms with Gasteiger partial charge >= 0.3 is 6.18 Å². The standard InChI is InChI=1S/C20H21F3N2O/c1-13-18(12-20(21,22)23)25(14(2)26)17-11-7-6-10-16(17)19(13)24-15-8-4-3-5-9-15/h3-11,13,18-19,24H,12H2,1-2H3/t13-,18-,19?/m0/s1. The summed E-state index contributed by atoms with van der Waals surface area (Å²) in [5.74, 6) is -0.799. The number of carbonyl (C=O) groups is 1. The number of alkyl halides is 3. The summed E-state index contributed by atoms with van der Waals surface area (Å²) < 4.78 is 39.7. The number of amides is 1. The molecule has 0 bridgehead atoms. The number of carbonyl (C=O) groups excluding carboxylic acids is 1. The molecular formula is C20H21F3N2O. The Hall–Kier alpha value is -2.50. The van der Waals surface area contributed by atoms with Crippen molar-refractivity contribution in [3.63, 3.8) is 0 Å². The Labute approximate surface area is 150 Å². The Morgan fingerprint density at radius 1 is 1.08 bits per heavy atom. The van der Waals surface area contributed by atoms with Crippen molar-refractivity contribution in [1.82, 2.24) is 0 Å². The Bertz CT molecular complexity index is 776. The van der Waals surface area contributed by atoms with Crippen molar-refractivity contribution in [2.75, 3.05) is 10.2 Å². The normalized spacial score (nSPS) is 22.7. The van der Waals surface area contributed by atoms with Crippen LogP contribution in [0.15, 0.2) is 54.6 Å². The molecule has 0 saturated heterocycles. The molecule has 1 unspecified atom stereocenters. The number of nitrogens with one attached hydrogen (secondary N) is 1. The highest BCUT2D eigenvalue weighted by atomic mass is 19.4. The van der Waals surface area contributed by atoms with Crippen molar-refractivity contribution in [2.24, 2.45) is 5.92 Å². The first-order valence-electron chi connectivity index (χ1n) is 8.55. The number of anilines is 2. The summed E-state index contributed by atoms with van der Waals surface area (Å²) in [5.41, 5.74) is 2.21. The summed E-state index contributed by atoms with van der Waals surface area (Å²) in [6, 6.07) is 15.3. The van der Waals surface area contributed by atoms with Crippen LogP contribution in [0, 0.1) is 5.92 Å². The second kappa shape index (κ2) is 7.02. The molecule has 1 N–H and O–H groups in total. The molecule has 1 heterocycles. The molecule has 1 aliphatic rings. The first-order chi connectivity index (χ1) is 12.3. The van der Waals surface area contributed by atoms with Gasteiger partial charge in [-0.1, -0.05) is 43.3 Å². The SMILES string of the molecule is CC(=O)N1c2ccccc2C(Nc2ccccc2)[C@@H](C)[C@@H]1CC(F)(F)F. The highest BCUT2D eigenvalue weighted by molar-refractivity contribution is 5.94. The highest BCUT2D eigenvalue weighted by Crippen LogP contribution is 2.45. The minimum absolute atomic E-state index is 0.323. The average Bonchev–Trinajstić information content (AvgIpc) is 2.58. The van der Waals surface area contributed by atoms with E-state index in [2.05, 4.69) is 5.32 Å². The van der Waals surface area contributed by atoms with Crippen molar-refractivity contribution >= 4 is 17.3 Å². The fraction of sp³-hybridized carbons (Fsp3) is 0.350. The topological polar surface area (TPSA) is 32.3 Å². The number of hydrogen-bond acceptors (Lipinski definition) is 2. The summed E-state index contributed by atoms with van der Waals surface area (Å²) >= 11 is 0. The van der Waals surface area contributed by atoms with Gasteiger partial charge < -0.3 is 10.2 Å². The summed E-state index contributed by atoms with van der Waals surface area (Å²) in [4.78, 5) is 13.5. The fourth-order valence-corrected chi connectivity index (χ4v) is 3.73. The lowest BCUT2D eigenvalue weighted by molar-refractivity contribution is -0.143. The molecule has 138 valence electrons. The van der Waals surface area contributed by atoms with Gasteiger partial charge in [0.2, 0.25) is 5.91 Å². The number of halogens is 3. The van der Waals surface area contributed by atoms with Crippen LogP contribution >= 0.6 is 0 Å². The molecule has 0 fully saturated rings. The summed E-state index contributed by atoms with van der Waals surface area (Å²) in [5, 5.41) is 3.36. The van der Waals surface area contributed by atoms with Gasteiger partial charge in [-0.2, -0.15) is 13.2 Å². The maximum Gasteiger partial charge on any atom is 0.391 e. The van der Waals surface area contributed by atoms with Crippen LogP contribution < -0.4 is 10.2 Å². The molecule has 2 aromatic carbocycles. The Morgan fingerprint density at radius 2 is 1.69 bits per heavy atom. The third-order valence-electron chi connectivity index (χ3n) is 4.87. The van der Waals surface area contributed by atoms with E-state index in [9.17, 15) is 18.0 Å². The van der Waals surface area contributed by atoms with E-state index in [1.807, 2.05) is 42.5 Å². The van der Waals surface area contributed by atoms with Crippen molar-refractivity contribution in [1.29, 1.82) is 0 Å². The molecule has 3 atom stereocenters. The molecule has 0 saturated carbocycles. The molecule has 1 amide bonds. The van der Waals surface area contributed by atoms with E-state index in [0.717, 1.165) is 11.3 Å². The lowest BCUT2D eigenvalue weighted by Crippen LogP contribution is -2.51. The first kappa shape index (κ1) is 18.3. The molecule has 2 aromatic rings. The van der Waals surface area contributed by atoms with Gasteiger partial charge in [-0.25, -0.2) is 0 Å². The minimum Gasteiger partial charge on any atom is -0.378 e. The van der Waals surface area contributed by atoms with E-state index in [1.165, 1.54) is 11.8 Å². The van der Waals surface area contributed by atoms with Crippen LogP contribution in [-0.4, -0.2) is 18.1 Å². The minimum atomic E-state index is -4.35. The number of rotatable bonds is 3. The summed E-state index contributed by atoms with van der Waals surface area (Å²) in [7, 11) is 0. The van der Waals surface area contributed by atoms with Crippen LogP contribution in [0.3, 0.4) is 0 Å². The lowest BCUT2D eigenvalue weighted by Gasteiger charge is -2.45. The molecular weight excluding hydrogens is 341 g/mol. The second-order valence-electron chi connectivity index (χ2n) is 6.68. The van der Waals surface area contributed by atoms with Gasteiger partial charge in [0.25, 0.3) is 0 Å². The average molecular weight is 362 g/mol. The van der Waals surface area contributed by atoms with E-state index in [4.69, 9.17) is 0 Å². The van der Waals surface area contributed by atoms with Crippen molar-refractivity contribution in [3.05, 3.63) is 60.2 Å². The van der Waals surface area contributed by atoms with Crippen molar-refractivity contribution in [3.8, 4) is 0 Å². The van der Waals surface area contributed by atoms with Crippen molar-refractivity contribution in [2.45, 2.75) is 38.5 Å². The van der Waals surface area contributed by atoms with Crippen LogP contribution in [0.2, 0.25) is 0 Å². The van der Waals surface area contributed by atoms with Gasteiger partial charge in [0.05, 0.1) is 18.5 Å². The van der Waals surface area contributed by atoms with Crippen LogP contribution in [-0.2, 0) is 4.79 Å². The van der Waals surface area contributed by atoms with Crippen LogP contribution in [0.1, 0.15) is 31.9 Å². The first-order valence-corrected chi connectivity index (χ1v) is 8.55. The van der Waals surface area contributed by atoms with E-state index in [-0.39, 0.29) is 11.9 Å². The predicted molar refractivity (Wildman–Crippen MR) is 96.0 cm³/mol. The monoisotopic (exact) mass is 362 g/mol. The number of benzene rings is 2. The zero-order chi connectivity index (χ0) is 18.9. The molecule has 3 nitrogen and oxygen atoms in total. The Morgan fingerprint density at radius 3 is 2.31 bits per heavy atom. The molecule has 1 aliphatic heterocycles.